The molecule has 296 valence electrons. The fraction of sp³-hybridized carbons (Fsp3) is 0. The van der Waals surface area contributed by atoms with Crippen LogP contribution < -0.4 is 4.90 Å². The lowest BCUT2D eigenvalue weighted by Gasteiger charge is -2.28. The van der Waals surface area contributed by atoms with Crippen molar-refractivity contribution in [3.63, 3.8) is 0 Å². The molecule has 0 bridgehead atoms. The monoisotopic (exact) mass is 804 g/mol. The Kier molecular flexibility index (Phi) is 8.83. The minimum absolute atomic E-state index is 0.875. The zero-order valence-corrected chi connectivity index (χ0v) is 34.4. The van der Waals surface area contributed by atoms with E-state index in [4.69, 9.17) is 4.42 Å². The normalized spacial score (nSPS) is 11.5. The van der Waals surface area contributed by atoms with Crippen LogP contribution in [0.1, 0.15) is 0 Å². The van der Waals surface area contributed by atoms with E-state index in [2.05, 4.69) is 246 Å². The first-order chi connectivity index (χ1) is 31.2. The average Bonchev–Trinajstić information content (AvgIpc) is 3.91. The second-order valence-corrected chi connectivity index (χ2v) is 16.1. The largest absolute Gasteiger partial charge is 0.455 e. The number of fused-ring (bicyclic) bond motifs is 6. The van der Waals surface area contributed by atoms with Crippen molar-refractivity contribution in [3.05, 3.63) is 243 Å². The van der Waals surface area contributed by atoms with Gasteiger partial charge in [0, 0.05) is 49.7 Å². The molecule has 12 rings (SSSR count). The number of nitrogens with zero attached hydrogens (tertiary/aromatic N) is 2. The van der Waals surface area contributed by atoms with Crippen LogP contribution in [0.2, 0.25) is 0 Å². The number of hydrogen-bond acceptors (Lipinski definition) is 2. The standard InChI is InChI=1S/C60H40N2O/c1-3-16-42(17-4-1)50-24-7-10-29-56(50)61(47-35-32-41(33-36-47)44-20-13-23-49(38-44)62-57-30-11-8-25-52(57)53-26-9-12-31-58(53)62)48-22-14-21-45(39-48)46-34-37-54-55-28-15-27-51(43-18-5-2-6-19-43)60(55)63-59(54)40-46/h1-40H. The minimum Gasteiger partial charge on any atom is -0.455 e. The Labute approximate surface area is 366 Å². The molecule has 0 saturated heterocycles. The molecule has 63 heavy (non-hydrogen) atoms. The fourth-order valence-corrected chi connectivity index (χ4v) is 9.43. The summed E-state index contributed by atoms with van der Waals surface area (Å²) in [5, 5.41) is 4.75. The van der Waals surface area contributed by atoms with Crippen LogP contribution in [-0.4, -0.2) is 4.57 Å². The Morgan fingerprint density at radius 2 is 0.857 bits per heavy atom. The molecule has 0 amide bonds. The molecular formula is C60H40N2O. The van der Waals surface area contributed by atoms with Gasteiger partial charge >= 0.3 is 0 Å². The summed E-state index contributed by atoms with van der Waals surface area (Å²) in [5.41, 5.74) is 17.7. The van der Waals surface area contributed by atoms with Gasteiger partial charge in [0.15, 0.2) is 0 Å². The summed E-state index contributed by atoms with van der Waals surface area (Å²) in [5.74, 6) is 0. The van der Waals surface area contributed by atoms with Crippen molar-refractivity contribution in [3.8, 4) is 50.2 Å². The lowest BCUT2D eigenvalue weighted by Crippen LogP contribution is -2.11. The van der Waals surface area contributed by atoms with Gasteiger partial charge in [-0.3, -0.25) is 0 Å². The maximum Gasteiger partial charge on any atom is 0.143 e. The molecule has 0 spiro atoms. The molecular weight excluding hydrogens is 765 g/mol. The second kappa shape index (κ2) is 15.3. The highest BCUT2D eigenvalue weighted by atomic mass is 16.3. The number of furan rings is 1. The summed E-state index contributed by atoms with van der Waals surface area (Å²) in [6.45, 7) is 0. The maximum absolute atomic E-state index is 6.68. The molecule has 0 aliphatic carbocycles. The third-order valence-electron chi connectivity index (χ3n) is 12.4. The predicted octanol–water partition coefficient (Wildman–Crippen LogP) is 16.8. The van der Waals surface area contributed by atoms with Crippen LogP contribution in [0.25, 0.3) is 93.9 Å². The van der Waals surface area contributed by atoms with Gasteiger partial charge in [-0.1, -0.05) is 176 Å². The Bertz CT molecular complexity index is 3570. The van der Waals surface area contributed by atoms with Crippen molar-refractivity contribution in [1.29, 1.82) is 0 Å². The van der Waals surface area contributed by atoms with Crippen molar-refractivity contribution in [2.45, 2.75) is 0 Å². The third-order valence-corrected chi connectivity index (χ3v) is 12.4. The van der Waals surface area contributed by atoms with Crippen molar-refractivity contribution >= 4 is 60.8 Å². The summed E-state index contributed by atoms with van der Waals surface area (Å²) in [6.07, 6.45) is 0. The van der Waals surface area contributed by atoms with Crippen LogP contribution in [0.5, 0.6) is 0 Å². The Morgan fingerprint density at radius 1 is 0.317 bits per heavy atom. The number of para-hydroxylation sites is 4. The number of rotatable bonds is 8. The Hall–Kier alpha value is -8.40. The summed E-state index contributed by atoms with van der Waals surface area (Å²) >= 11 is 0. The van der Waals surface area contributed by atoms with Gasteiger partial charge in [-0.15, -0.1) is 0 Å². The molecule has 2 heterocycles. The van der Waals surface area contributed by atoms with Gasteiger partial charge in [-0.25, -0.2) is 0 Å². The van der Waals surface area contributed by atoms with Crippen molar-refractivity contribution in [1.82, 2.24) is 4.57 Å². The van der Waals surface area contributed by atoms with Gasteiger partial charge in [0.05, 0.1) is 16.7 Å². The van der Waals surface area contributed by atoms with Crippen molar-refractivity contribution in [2.75, 3.05) is 4.90 Å². The van der Waals surface area contributed by atoms with E-state index in [0.29, 0.717) is 0 Å². The highest BCUT2D eigenvalue weighted by molar-refractivity contribution is 6.11. The van der Waals surface area contributed by atoms with Crippen LogP contribution in [0.4, 0.5) is 17.1 Å². The van der Waals surface area contributed by atoms with Gasteiger partial charge in [-0.2, -0.15) is 0 Å². The van der Waals surface area contributed by atoms with E-state index in [1.165, 1.54) is 21.8 Å². The van der Waals surface area contributed by atoms with E-state index in [1.807, 2.05) is 6.07 Å². The fourth-order valence-electron chi connectivity index (χ4n) is 9.43. The molecule has 10 aromatic carbocycles. The predicted molar refractivity (Wildman–Crippen MR) is 264 cm³/mol. The lowest BCUT2D eigenvalue weighted by atomic mass is 9.99. The molecule has 3 heteroatoms. The van der Waals surface area contributed by atoms with Gasteiger partial charge in [-0.05, 0) is 100 Å². The quantitative estimate of drug-likeness (QED) is 0.153. The van der Waals surface area contributed by atoms with E-state index >= 15 is 0 Å². The summed E-state index contributed by atoms with van der Waals surface area (Å²) < 4.78 is 9.06. The van der Waals surface area contributed by atoms with Gasteiger partial charge in [0.2, 0.25) is 0 Å². The number of benzene rings is 10. The van der Waals surface area contributed by atoms with Gasteiger partial charge in [0.25, 0.3) is 0 Å². The van der Waals surface area contributed by atoms with E-state index in [1.54, 1.807) is 0 Å². The first kappa shape index (κ1) is 36.5. The summed E-state index contributed by atoms with van der Waals surface area (Å²) in [7, 11) is 0. The molecule has 0 aliphatic heterocycles. The number of aromatic nitrogens is 1. The number of hydrogen-bond donors (Lipinski definition) is 0. The van der Waals surface area contributed by atoms with E-state index in [0.717, 1.165) is 89.2 Å². The minimum atomic E-state index is 0.875. The van der Waals surface area contributed by atoms with Crippen LogP contribution in [0.3, 0.4) is 0 Å². The highest BCUT2D eigenvalue weighted by Crippen LogP contribution is 2.44. The van der Waals surface area contributed by atoms with E-state index < -0.39 is 0 Å². The molecule has 2 aromatic heterocycles. The third kappa shape index (κ3) is 6.38. The molecule has 0 fully saturated rings. The molecule has 0 unspecified atom stereocenters. The van der Waals surface area contributed by atoms with Crippen LogP contribution in [0.15, 0.2) is 247 Å². The van der Waals surface area contributed by atoms with Crippen LogP contribution in [0, 0.1) is 0 Å². The summed E-state index contributed by atoms with van der Waals surface area (Å²) in [4.78, 5) is 2.38. The molecule has 0 N–H and O–H groups in total. The lowest BCUT2D eigenvalue weighted by molar-refractivity contribution is 0.670. The molecule has 0 radical (unpaired) electrons. The van der Waals surface area contributed by atoms with Gasteiger partial charge in [0.1, 0.15) is 11.2 Å². The van der Waals surface area contributed by atoms with Crippen molar-refractivity contribution < 1.29 is 4.42 Å². The summed E-state index contributed by atoms with van der Waals surface area (Å²) in [6, 6.07) is 87.0. The maximum atomic E-state index is 6.68. The zero-order chi connectivity index (χ0) is 41.7. The molecule has 0 saturated carbocycles. The topological polar surface area (TPSA) is 21.3 Å². The Balaban J connectivity index is 0.953. The van der Waals surface area contributed by atoms with Gasteiger partial charge < -0.3 is 13.9 Å². The second-order valence-electron chi connectivity index (χ2n) is 16.1. The molecule has 3 nitrogen and oxygen atoms in total. The zero-order valence-electron chi connectivity index (χ0n) is 34.4. The number of anilines is 3. The van der Waals surface area contributed by atoms with Crippen LogP contribution >= 0.6 is 0 Å². The first-order valence-electron chi connectivity index (χ1n) is 21.5. The SMILES string of the molecule is c1ccc(-c2ccccc2N(c2ccc(-c3cccc(-n4c5ccccc5c5ccccc54)c3)cc2)c2cccc(-c3ccc4c(c3)oc3c(-c5ccccc5)cccc34)c2)cc1. The molecule has 12 aromatic rings. The van der Waals surface area contributed by atoms with E-state index in [-0.39, 0.29) is 0 Å². The van der Waals surface area contributed by atoms with E-state index in [9.17, 15) is 0 Å². The molecule has 0 atom stereocenters. The Morgan fingerprint density at radius 3 is 1.60 bits per heavy atom. The van der Waals surface area contributed by atoms with Crippen molar-refractivity contribution in [2.24, 2.45) is 0 Å². The first-order valence-corrected chi connectivity index (χ1v) is 21.5. The highest BCUT2D eigenvalue weighted by Gasteiger charge is 2.19. The van der Waals surface area contributed by atoms with Crippen LogP contribution in [-0.2, 0) is 0 Å². The molecule has 0 aliphatic rings. The smallest absolute Gasteiger partial charge is 0.143 e. The average molecular weight is 805 g/mol.